The minimum absolute atomic E-state index is 0.254. The largest absolute Gasteiger partial charge is 0.462 e. The van der Waals surface area contributed by atoms with E-state index in [9.17, 15) is 4.79 Å². The average molecular weight is 277 g/mol. The van der Waals surface area contributed by atoms with Gasteiger partial charge in [0.1, 0.15) is 11.4 Å². The van der Waals surface area contributed by atoms with Crippen LogP contribution in [0, 0.1) is 6.92 Å². The van der Waals surface area contributed by atoms with Gasteiger partial charge in [-0.2, -0.15) is 4.98 Å². The average Bonchev–Trinajstić information content (AvgIpc) is 2.83. The van der Waals surface area contributed by atoms with Gasteiger partial charge in [0.25, 0.3) is 0 Å². The number of nitrogens with zero attached hydrogens (tertiary/aromatic N) is 3. The molecule has 2 heterocycles. The van der Waals surface area contributed by atoms with E-state index in [-0.39, 0.29) is 18.7 Å². The molecule has 0 saturated carbocycles. The van der Waals surface area contributed by atoms with Gasteiger partial charge in [-0.1, -0.05) is 5.16 Å². The number of nitrogens with two attached hydrogens (primary N) is 1. The molecule has 2 rings (SSSR count). The number of carbonyl (C=O) groups is 1. The summed E-state index contributed by atoms with van der Waals surface area (Å²) in [5.74, 6) is 0.804. The molecule has 8 heteroatoms. The van der Waals surface area contributed by atoms with Crippen molar-refractivity contribution in [3.05, 3.63) is 29.5 Å². The van der Waals surface area contributed by atoms with Gasteiger partial charge in [-0.15, -0.1) is 0 Å². The molecule has 8 nitrogen and oxygen atoms in total. The minimum Gasteiger partial charge on any atom is -0.462 e. The number of rotatable bonds is 5. The van der Waals surface area contributed by atoms with Gasteiger partial charge in [0.05, 0.1) is 25.0 Å². The first-order valence-electron chi connectivity index (χ1n) is 6.06. The number of aromatic nitrogens is 3. The maximum atomic E-state index is 11.8. The number of aryl methyl sites for hydroxylation is 1. The molecule has 0 unspecified atom stereocenters. The van der Waals surface area contributed by atoms with Crippen LogP contribution in [0.25, 0.3) is 0 Å². The molecule has 0 radical (unpaired) electrons. The van der Waals surface area contributed by atoms with E-state index in [1.54, 1.807) is 13.8 Å². The van der Waals surface area contributed by atoms with Crippen LogP contribution in [0.5, 0.6) is 0 Å². The van der Waals surface area contributed by atoms with Gasteiger partial charge in [-0.25, -0.2) is 9.78 Å². The van der Waals surface area contributed by atoms with Crippen LogP contribution in [0.15, 0.2) is 16.8 Å². The molecule has 0 aromatic carbocycles. The number of nitrogens with one attached hydrogen (secondary N) is 1. The third-order valence-electron chi connectivity index (χ3n) is 2.38. The summed E-state index contributed by atoms with van der Waals surface area (Å²) < 4.78 is 9.92. The third kappa shape index (κ3) is 3.22. The number of hydrogen-bond donors (Lipinski definition) is 2. The summed E-state index contributed by atoms with van der Waals surface area (Å²) in [7, 11) is 0. The lowest BCUT2D eigenvalue weighted by molar-refractivity contribution is 0.0527. The molecule has 0 aliphatic heterocycles. The third-order valence-corrected chi connectivity index (χ3v) is 2.38. The van der Waals surface area contributed by atoms with Crippen LogP contribution < -0.4 is 11.1 Å². The van der Waals surface area contributed by atoms with Crippen molar-refractivity contribution in [3.63, 3.8) is 0 Å². The predicted octanol–water partition coefficient (Wildman–Crippen LogP) is 1.14. The minimum atomic E-state index is -0.489. The smallest absolute Gasteiger partial charge is 0.341 e. The Labute approximate surface area is 115 Å². The molecule has 0 aliphatic rings. The molecule has 0 amide bonds. The van der Waals surface area contributed by atoms with E-state index in [1.807, 2.05) is 0 Å². The summed E-state index contributed by atoms with van der Waals surface area (Å²) in [5, 5.41) is 6.62. The molecular formula is C12H15N5O3. The highest BCUT2D eigenvalue weighted by Crippen LogP contribution is 2.17. The standard InChI is InChI=1S/C12H15N5O3/c1-3-19-12(18)9-4-8(13)5-14-11(9)15-6-10-16-7(2)17-20-10/h4-5H,3,6,13H2,1-2H3,(H,14,15). The van der Waals surface area contributed by atoms with Crippen LogP contribution in [0.2, 0.25) is 0 Å². The zero-order valence-corrected chi connectivity index (χ0v) is 11.2. The monoisotopic (exact) mass is 277 g/mol. The number of pyridine rings is 1. The van der Waals surface area contributed by atoms with Crippen molar-refractivity contribution in [2.45, 2.75) is 20.4 Å². The Morgan fingerprint density at radius 1 is 1.55 bits per heavy atom. The molecule has 0 spiro atoms. The van der Waals surface area contributed by atoms with Crippen molar-refractivity contribution < 1.29 is 14.1 Å². The topological polar surface area (TPSA) is 116 Å². The number of esters is 1. The van der Waals surface area contributed by atoms with Crippen molar-refractivity contribution in [1.29, 1.82) is 0 Å². The lowest BCUT2D eigenvalue weighted by atomic mass is 10.2. The van der Waals surface area contributed by atoms with Crippen molar-refractivity contribution in [2.75, 3.05) is 17.7 Å². The molecule has 3 N–H and O–H groups in total. The molecule has 0 aliphatic carbocycles. The summed E-state index contributed by atoms with van der Waals surface area (Å²) in [4.78, 5) is 19.9. The zero-order chi connectivity index (χ0) is 14.5. The van der Waals surface area contributed by atoms with Crippen molar-refractivity contribution >= 4 is 17.5 Å². The van der Waals surface area contributed by atoms with Crippen LogP contribution in [-0.2, 0) is 11.3 Å². The van der Waals surface area contributed by atoms with E-state index < -0.39 is 5.97 Å². The van der Waals surface area contributed by atoms with Gasteiger partial charge < -0.3 is 20.3 Å². The number of carbonyl (C=O) groups excluding carboxylic acids is 1. The van der Waals surface area contributed by atoms with Crippen molar-refractivity contribution in [2.24, 2.45) is 0 Å². The van der Waals surface area contributed by atoms with Crippen molar-refractivity contribution in [1.82, 2.24) is 15.1 Å². The summed E-state index contributed by atoms with van der Waals surface area (Å²) in [5.41, 5.74) is 6.28. The van der Waals surface area contributed by atoms with Gasteiger partial charge in [0.15, 0.2) is 5.82 Å². The zero-order valence-electron chi connectivity index (χ0n) is 11.2. The van der Waals surface area contributed by atoms with E-state index in [0.29, 0.717) is 23.2 Å². The first-order valence-corrected chi connectivity index (χ1v) is 6.06. The highest BCUT2D eigenvalue weighted by Gasteiger charge is 2.15. The quantitative estimate of drug-likeness (QED) is 0.781. The van der Waals surface area contributed by atoms with E-state index in [0.717, 1.165) is 0 Å². The number of hydrogen-bond acceptors (Lipinski definition) is 8. The number of ether oxygens (including phenoxy) is 1. The van der Waals surface area contributed by atoms with Crippen LogP contribution in [0.4, 0.5) is 11.5 Å². The SMILES string of the molecule is CCOC(=O)c1cc(N)cnc1NCc1nc(C)no1. The molecule has 0 fully saturated rings. The summed E-state index contributed by atoms with van der Waals surface area (Å²) >= 11 is 0. The Balaban J connectivity index is 2.16. The number of anilines is 2. The van der Waals surface area contributed by atoms with Gasteiger partial charge >= 0.3 is 5.97 Å². The van der Waals surface area contributed by atoms with Gasteiger partial charge in [-0.3, -0.25) is 0 Å². The van der Waals surface area contributed by atoms with E-state index in [1.165, 1.54) is 12.3 Å². The summed E-state index contributed by atoms with van der Waals surface area (Å²) in [6.07, 6.45) is 1.45. The van der Waals surface area contributed by atoms with Gasteiger partial charge in [0, 0.05) is 0 Å². The fraction of sp³-hybridized carbons (Fsp3) is 0.333. The Kier molecular flexibility index (Phi) is 4.14. The van der Waals surface area contributed by atoms with Crippen molar-refractivity contribution in [3.8, 4) is 0 Å². The van der Waals surface area contributed by atoms with E-state index >= 15 is 0 Å². The Morgan fingerprint density at radius 3 is 3.00 bits per heavy atom. The maximum absolute atomic E-state index is 11.8. The molecule has 0 atom stereocenters. The summed E-state index contributed by atoms with van der Waals surface area (Å²) in [6.45, 7) is 3.98. The highest BCUT2D eigenvalue weighted by molar-refractivity contribution is 5.95. The highest BCUT2D eigenvalue weighted by atomic mass is 16.5. The maximum Gasteiger partial charge on any atom is 0.341 e. The van der Waals surface area contributed by atoms with Crippen LogP contribution in [-0.4, -0.2) is 27.7 Å². The molecule has 20 heavy (non-hydrogen) atoms. The molecule has 106 valence electrons. The predicted molar refractivity (Wildman–Crippen MR) is 71.0 cm³/mol. The first-order chi connectivity index (χ1) is 9.60. The second kappa shape index (κ2) is 6.00. The fourth-order valence-electron chi connectivity index (χ4n) is 1.56. The summed E-state index contributed by atoms with van der Waals surface area (Å²) in [6, 6.07) is 1.51. The molecular weight excluding hydrogens is 262 g/mol. The second-order valence-electron chi connectivity index (χ2n) is 3.97. The van der Waals surface area contributed by atoms with Crippen LogP contribution in [0.3, 0.4) is 0 Å². The van der Waals surface area contributed by atoms with E-state index in [4.69, 9.17) is 15.0 Å². The Hall–Kier alpha value is -2.64. The lowest BCUT2D eigenvalue weighted by Gasteiger charge is -2.09. The lowest BCUT2D eigenvalue weighted by Crippen LogP contribution is -2.12. The first kappa shape index (κ1) is 13.8. The van der Waals surface area contributed by atoms with Crippen LogP contribution >= 0.6 is 0 Å². The van der Waals surface area contributed by atoms with E-state index in [2.05, 4.69) is 20.4 Å². The normalized spacial score (nSPS) is 10.3. The fourth-order valence-corrected chi connectivity index (χ4v) is 1.56. The van der Waals surface area contributed by atoms with Gasteiger partial charge in [0.2, 0.25) is 5.89 Å². The Morgan fingerprint density at radius 2 is 2.35 bits per heavy atom. The Bertz CT molecular complexity index is 611. The second-order valence-corrected chi connectivity index (χ2v) is 3.97. The molecule has 0 bridgehead atoms. The van der Waals surface area contributed by atoms with Gasteiger partial charge in [-0.05, 0) is 19.9 Å². The molecule has 0 saturated heterocycles. The molecule has 2 aromatic rings. The molecule has 2 aromatic heterocycles. The number of nitrogen functional groups attached to an aromatic ring is 1. The van der Waals surface area contributed by atoms with Crippen LogP contribution in [0.1, 0.15) is 29.0 Å².